The molecule has 1 amide bonds. The Kier molecular flexibility index (Phi) is 9.78. The van der Waals surface area contributed by atoms with Crippen LogP contribution in [-0.2, 0) is 9.53 Å². The molecule has 0 unspecified atom stereocenters. The highest BCUT2D eigenvalue weighted by molar-refractivity contribution is 5.85. The quantitative estimate of drug-likeness (QED) is 0.721. The zero-order valence-corrected chi connectivity index (χ0v) is 15.5. The molecule has 0 saturated heterocycles. The zero-order valence-electron chi connectivity index (χ0n) is 14.7. The summed E-state index contributed by atoms with van der Waals surface area (Å²) in [6.45, 7) is 2.42. The van der Waals surface area contributed by atoms with E-state index in [1.807, 2.05) is 0 Å². The van der Waals surface area contributed by atoms with Gasteiger partial charge in [0.2, 0.25) is 5.91 Å². The van der Waals surface area contributed by atoms with Crippen LogP contribution in [0, 0.1) is 17.7 Å². The fourth-order valence-corrected chi connectivity index (χ4v) is 3.22. The molecular formula is C18H28ClFN2O3. The van der Waals surface area contributed by atoms with E-state index in [1.54, 1.807) is 24.1 Å². The minimum absolute atomic E-state index is 0. The number of hydrogen-bond donors (Lipinski definition) is 1. The van der Waals surface area contributed by atoms with Gasteiger partial charge in [0, 0.05) is 19.6 Å². The molecule has 1 aliphatic carbocycles. The number of rotatable bonds is 9. The first-order valence-corrected chi connectivity index (χ1v) is 8.52. The van der Waals surface area contributed by atoms with Crippen LogP contribution in [0.15, 0.2) is 24.3 Å². The lowest BCUT2D eigenvalue weighted by atomic mass is 9.94. The average Bonchev–Trinajstić information content (AvgIpc) is 3.07. The van der Waals surface area contributed by atoms with Gasteiger partial charge in [-0.25, -0.2) is 4.39 Å². The van der Waals surface area contributed by atoms with E-state index in [1.165, 1.54) is 12.1 Å². The molecule has 1 saturated carbocycles. The number of carbonyl (C=O) groups excluding carboxylic acids is 1. The van der Waals surface area contributed by atoms with Crippen LogP contribution in [-0.4, -0.2) is 50.8 Å². The SMILES string of the molecule is COCCN(CCOc1ccc(F)cc1)C(=O)[C@@H]1CCC[C@@H]1CN.Cl. The molecule has 5 nitrogen and oxygen atoms in total. The number of halogens is 2. The van der Waals surface area contributed by atoms with E-state index < -0.39 is 0 Å². The monoisotopic (exact) mass is 374 g/mol. The Hall–Kier alpha value is -1.37. The molecule has 0 aromatic heterocycles. The second-order valence-corrected chi connectivity index (χ2v) is 6.15. The van der Waals surface area contributed by atoms with Crippen molar-refractivity contribution in [1.82, 2.24) is 4.90 Å². The standard InChI is InChI=1S/C18H27FN2O3.ClH/c1-23-11-9-21(18(22)17-4-2-3-14(17)13-20)10-12-24-16-7-5-15(19)6-8-16;/h5-8,14,17H,2-4,9-13,20H2,1H3;1H/t14-,17-;/m1./s1. The van der Waals surface area contributed by atoms with Crippen molar-refractivity contribution >= 4 is 18.3 Å². The number of ether oxygens (including phenoxy) is 2. The van der Waals surface area contributed by atoms with Crippen molar-refractivity contribution in [3.8, 4) is 5.75 Å². The van der Waals surface area contributed by atoms with Gasteiger partial charge in [-0.2, -0.15) is 0 Å². The summed E-state index contributed by atoms with van der Waals surface area (Å²) in [5.74, 6) is 0.727. The molecule has 1 aromatic rings. The van der Waals surface area contributed by atoms with E-state index >= 15 is 0 Å². The molecule has 1 fully saturated rings. The number of hydrogen-bond acceptors (Lipinski definition) is 4. The molecule has 25 heavy (non-hydrogen) atoms. The van der Waals surface area contributed by atoms with Crippen molar-refractivity contribution in [3.05, 3.63) is 30.1 Å². The van der Waals surface area contributed by atoms with Crippen LogP contribution in [0.4, 0.5) is 4.39 Å². The summed E-state index contributed by atoms with van der Waals surface area (Å²) < 4.78 is 23.6. The topological polar surface area (TPSA) is 64.8 Å². The molecule has 142 valence electrons. The number of benzene rings is 1. The van der Waals surface area contributed by atoms with Crippen LogP contribution in [0.5, 0.6) is 5.75 Å². The van der Waals surface area contributed by atoms with Crippen LogP contribution in [0.2, 0.25) is 0 Å². The second-order valence-electron chi connectivity index (χ2n) is 6.15. The molecule has 1 aromatic carbocycles. The molecule has 2 atom stereocenters. The average molecular weight is 375 g/mol. The smallest absolute Gasteiger partial charge is 0.226 e. The van der Waals surface area contributed by atoms with Gasteiger partial charge in [0.15, 0.2) is 0 Å². The van der Waals surface area contributed by atoms with E-state index in [0.717, 1.165) is 19.3 Å². The highest BCUT2D eigenvalue weighted by atomic mass is 35.5. The Balaban J connectivity index is 0.00000312. The molecule has 2 N–H and O–H groups in total. The highest BCUT2D eigenvalue weighted by Crippen LogP contribution is 2.32. The van der Waals surface area contributed by atoms with Crippen molar-refractivity contribution in [2.45, 2.75) is 19.3 Å². The first kappa shape index (κ1) is 21.7. The highest BCUT2D eigenvalue weighted by Gasteiger charge is 2.34. The summed E-state index contributed by atoms with van der Waals surface area (Å²) in [6, 6.07) is 5.87. The van der Waals surface area contributed by atoms with Gasteiger partial charge in [0.25, 0.3) is 0 Å². The van der Waals surface area contributed by atoms with Crippen LogP contribution in [0.1, 0.15) is 19.3 Å². The molecule has 0 radical (unpaired) electrons. The van der Waals surface area contributed by atoms with E-state index in [2.05, 4.69) is 0 Å². The third kappa shape index (κ3) is 6.45. The summed E-state index contributed by atoms with van der Waals surface area (Å²) in [5.41, 5.74) is 5.80. The van der Waals surface area contributed by atoms with Gasteiger partial charge >= 0.3 is 0 Å². The van der Waals surface area contributed by atoms with Crippen molar-refractivity contribution in [3.63, 3.8) is 0 Å². The minimum atomic E-state index is -0.298. The van der Waals surface area contributed by atoms with Gasteiger partial charge in [0.05, 0.1) is 13.2 Å². The van der Waals surface area contributed by atoms with Gasteiger partial charge in [-0.3, -0.25) is 4.79 Å². The summed E-state index contributed by atoms with van der Waals surface area (Å²) >= 11 is 0. The molecule has 2 rings (SSSR count). The summed E-state index contributed by atoms with van der Waals surface area (Å²) in [5, 5.41) is 0. The second kappa shape index (κ2) is 11.3. The van der Waals surface area contributed by atoms with Crippen LogP contribution in [0.3, 0.4) is 0 Å². The molecule has 0 heterocycles. The van der Waals surface area contributed by atoms with Crippen molar-refractivity contribution < 1.29 is 18.7 Å². The maximum atomic E-state index is 12.9. The maximum absolute atomic E-state index is 12.9. The number of carbonyl (C=O) groups is 1. The Morgan fingerprint density at radius 3 is 2.56 bits per heavy atom. The fourth-order valence-electron chi connectivity index (χ4n) is 3.22. The predicted octanol–water partition coefficient (Wildman–Crippen LogP) is 2.48. The number of amides is 1. The third-order valence-electron chi connectivity index (χ3n) is 4.60. The Labute approximate surface area is 155 Å². The summed E-state index contributed by atoms with van der Waals surface area (Å²) in [4.78, 5) is 14.6. The Morgan fingerprint density at radius 1 is 1.24 bits per heavy atom. The van der Waals surface area contributed by atoms with Crippen molar-refractivity contribution in [1.29, 1.82) is 0 Å². The third-order valence-corrected chi connectivity index (χ3v) is 4.60. The van der Waals surface area contributed by atoms with Crippen LogP contribution >= 0.6 is 12.4 Å². The maximum Gasteiger partial charge on any atom is 0.226 e. The first-order valence-electron chi connectivity index (χ1n) is 8.52. The molecule has 1 aliphatic rings. The molecule has 0 aliphatic heterocycles. The largest absolute Gasteiger partial charge is 0.492 e. The Bertz CT molecular complexity index is 516. The number of nitrogens with two attached hydrogens (primary N) is 1. The van der Waals surface area contributed by atoms with E-state index in [9.17, 15) is 9.18 Å². The van der Waals surface area contributed by atoms with E-state index in [4.69, 9.17) is 15.2 Å². The summed E-state index contributed by atoms with van der Waals surface area (Å²) in [7, 11) is 1.62. The van der Waals surface area contributed by atoms with E-state index in [-0.39, 0.29) is 36.0 Å². The van der Waals surface area contributed by atoms with Crippen LogP contribution in [0.25, 0.3) is 0 Å². The normalized spacial score (nSPS) is 19.3. The van der Waals surface area contributed by atoms with Gasteiger partial charge < -0.3 is 20.1 Å². The number of methoxy groups -OCH3 is 1. The molecule has 0 bridgehead atoms. The molecule has 7 heteroatoms. The lowest BCUT2D eigenvalue weighted by Crippen LogP contribution is -2.42. The van der Waals surface area contributed by atoms with Gasteiger partial charge in [-0.05, 0) is 49.6 Å². The van der Waals surface area contributed by atoms with Gasteiger partial charge in [0.1, 0.15) is 18.2 Å². The first-order chi connectivity index (χ1) is 11.7. The number of nitrogens with zero attached hydrogens (tertiary/aromatic N) is 1. The van der Waals surface area contributed by atoms with E-state index in [0.29, 0.717) is 38.6 Å². The molecular weight excluding hydrogens is 347 g/mol. The van der Waals surface area contributed by atoms with Crippen molar-refractivity contribution in [2.75, 3.05) is 40.0 Å². The minimum Gasteiger partial charge on any atom is -0.492 e. The zero-order chi connectivity index (χ0) is 17.4. The fraction of sp³-hybridized carbons (Fsp3) is 0.611. The van der Waals surface area contributed by atoms with Crippen LogP contribution < -0.4 is 10.5 Å². The molecule has 0 spiro atoms. The van der Waals surface area contributed by atoms with Crippen molar-refractivity contribution in [2.24, 2.45) is 17.6 Å². The lowest BCUT2D eigenvalue weighted by molar-refractivity contribution is -0.137. The lowest BCUT2D eigenvalue weighted by Gasteiger charge is -2.28. The Morgan fingerprint density at radius 2 is 1.92 bits per heavy atom. The predicted molar refractivity (Wildman–Crippen MR) is 97.5 cm³/mol. The van der Waals surface area contributed by atoms with Gasteiger partial charge in [-0.1, -0.05) is 6.42 Å². The summed E-state index contributed by atoms with van der Waals surface area (Å²) in [6.07, 6.45) is 2.99. The van der Waals surface area contributed by atoms with Gasteiger partial charge in [-0.15, -0.1) is 12.4 Å².